The fraction of sp³-hybridized carbons (Fsp3) is 0.393. The van der Waals surface area contributed by atoms with Gasteiger partial charge in [-0.05, 0) is 57.5 Å². The van der Waals surface area contributed by atoms with Crippen molar-refractivity contribution in [2.24, 2.45) is 5.10 Å². The molecule has 0 saturated heterocycles. The smallest absolute Gasteiger partial charge is 0.337 e. The lowest BCUT2D eigenvalue weighted by atomic mass is 9.95. The van der Waals surface area contributed by atoms with Gasteiger partial charge in [-0.2, -0.15) is 5.10 Å². The highest BCUT2D eigenvalue weighted by Crippen LogP contribution is 2.35. The van der Waals surface area contributed by atoms with Crippen molar-refractivity contribution in [3.05, 3.63) is 58.8 Å². The molecule has 0 radical (unpaired) electrons. The third-order valence-corrected chi connectivity index (χ3v) is 6.24. The Morgan fingerprint density at radius 3 is 2.55 bits per heavy atom. The maximum atomic E-state index is 12.4. The minimum absolute atomic E-state index is 0.0764. The summed E-state index contributed by atoms with van der Waals surface area (Å²) in [5.74, 6) is 0.216. The molecule has 216 valence electrons. The first kappa shape index (κ1) is 30.1. The predicted octanol–water partition coefficient (Wildman–Crippen LogP) is 2.76. The molecular formula is C28H37N5O7. The number of carbonyl (C=O) groups excluding carboxylic acids is 2. The van der Waals surface area contributed by atoms with E-state index in [2.05, 4.69) is 26.1 Å². The number of hydrogen-bond acceptors (Lipinski definition) is 10. The quantitative estimate of drug-likeness (QED) is 0.109. The fourth-order valence-electron chi connectivity index (χ4n) is 4.24. The zero-order valence-electron chi connectivity index (χ0n) is 23.4. The first-order valence-electron chi connectivity index (χ1n) is 13.0. The number of phenols is 1. The Labute approximate surface area is 233 Å². The van der Waals surface area contributed by atoms with Gasteiger partial charge in [0.1, 0.15) is 12.4 Å². The van der Waals surface area contributed by atoms with Crippen LogP contribution in [0.25, 0.3) is 0 Å². The number of rotatable bonds is 13. The van der Waals surface area contributed by atoms with E-state index in [4.69, 9.17) is 14.2 Å². The number of urea groups is 1. The molecule has 0 aromatic heterocycles. The van der Waals surface area contributed by atoms with Crippen molar-refractivity contribution in [1.29, 1.82) is 0 Å². The zero-order valence-corrected chi connectivity index (χ0v) is 23.4. The summed E-state index contributed by atoms with van der Waals surface area (Å²) in [5, 5.41) is 30.0. The molecule has 40 heavy (non-hydrogen) atoms. The molecule has 0 fully saturated rings. The molecule has 2 aromatic rings. The molecule has 3 rings (SSSR count). The van der Waals surface area contributed by atoms with Crippen LogP contribution in [0.4, 0.5) is 10.5 Å². The first-order chi connectivity index (χ1) is 19.2. The molecule has 2 atom stereocenters. The van der Waals surface area contributed by atoms with Crippen LogP contribution in [0.1, 0.15) is 44.9 Å². The van der Waals surface area contributed by atoms with Gasteiger partial charge >= 0.3 is 12.0 Å². The maximum Gasteiger partial charge on any atom is 0.337 e. The highest BCUT2D eigenvalue weighted by Gasteiger charge is 2.32. The minimum Gasteiger partial charge on any atom is -0.507 e. The van der Waals surface area contributed by atoms with Gasteiger partial charge in [0, 0.05) is 36.1 Å². The van der Waals surface area contributed by atoms with E-state index in [-0.39, 0.29) is 17.9 Å². The second-order valence-electron chi connectivity index (χ2n) is 8.83. The Hall–Kier alpha value is -4.45. The summed E-state index contributed by atoms with van der Waals surface area (Å²) < 4.78 is 16.4. The largest absolute Gasteiger partial charge is 0.507 e. The van der Waals surface area contributed by atoms with Crippen molar-refractivity contribution >= 4 is 23.9 Å². The molecule has 12 nitrogen and oxygen atoms in total. The molecule has 2 aromatic carbocycles. The number of ether oxygens (including phenoxy) is 3. The van der Waals surface area contributed by atoms with Crippen LogP contribution in [-0.4, -0.2) is 68.1 Å². The molecule has 12 heteroatoms. The Bertz CT molecular complexity index is 1260. The average Bonchev–Trinajstić information content (AvgIpc) is 2.93. The van der Waals surface area contributed by atoms with Crippen molar-refractivity contribution < 1.29 is 34.0 Å². The highest BCUT2D eigenvalue weighted by molar-refractivity contribution is 5.95. The standard InChI is InChI=1S/C28H37N5O7/c1-6-33(7-2)20-11-9-19(21(34)14-20)15-29-32-24(35)16-40-22-12-10-18(13-23(22)39-8-3)26-25(27(36)38-5)17(4)30-28(37)31-26/h9-15,24,26,32,34-35H,6-8,16H2,1-5H3,(H2,30,31,37)/b29-15-/t24-,26-/m0/s1. The van der Waals surface area contributed by atoms with E-state index in [0.717, 1.165) is 18.8 Å². The Morgan fingerprint density at radius 1 is 1.15 bits per heavy atom. The Morgan fingerprint density at radius 2 is 1.90 bits per heavy atom. The number of nitrogens with zero attached hydrogens (tertiary/aromatic N) is 2. The van der Waals surface area contributed by atoms with Crippen molar-refractivity contribution in [1.82, 2.24) is 16.1 Å². The highest BCUT2D eigenvalue weighted by atomic mass is 16.5. The van der Waals surface area contributed by atoms with Crippen LogP contribution in [0.3, 0.4) is 0 Å². The Kier molecular flexibility index (Phi) is 10.6. The second kappa shape index (κ2) is 14.1. The van der Waals surface area contributed by atoms with Gasteiger partial charge in [-0.25, -0.2) is 9.59 Å². The number of anilines is 1. The molecule has 1 heterocycles. The molecular weight excluding hydrogens is 518 g/mol. The molecule has 0 unspecified atom stereocenters. The summed E-state index contributed by atoms with van der Waals surface area (Å²) >= 11 is 0. The molecule has 1 aliphatic heterocycles. The monoisotopic (exact) mass is 555 g/mol. The number of amides is 2. The van der Waals surface area contributed by atoms with Crippen molar-refractivity contribution in [3.63, 3.8) is 0 Å². The summed E-state index contributed by atoms with van der Waals surface area (Å²) in [5.41, 5.74) is 5.21. The van der Waals surface area contributed by atoms with Gasteiger partial charge in [0.25, 0.3) is 0 Å². The van der Waals surface area contributed by atoms with Gasteiger partial charge in [-0.15, -0.1) is 0 Å². The number of nitrogens with one attached hydrogen (secondary N) is 3. The predicted molar refractivity (Wildman–Crippen MR) is 151 cm³/mol. The normalized spacial score (nSPS) is 15.8. The van der Waals surface area contributed by atoms with Crippen LogP contribution in [0.5, 0.6) is 17.2 Å². The topological polar surface area (TPSA) is 154 Å². The van der Waals surface area contributed by atoms with Gasteiger partial charge in [0.05, 0.1) is 31.5 Å². The molecule has 0 bridgehead atoms. The van der Waals surface area contributed by atoms with Crippen LogP contribution >= 0.6 is 0 Å². The number of aliphatic hydroxyl groups excluding tert-OH is 1. The molecule has 2 amide bonds. The molecule has 1 aliphatic rings. The number of carbonyl (C=O) groups is 2. The number of methoxy groups -OCH3 is 1. The van der Waals surface area contributed by atoms with Gasteiger partial charge in [-0.1, -0.05) is 6.07 Å². The number of esters is 1. The number of hydrazone groups is 1. The summed E-state index contributed by atoms with van der Waals surface area (Å²) in [6.45, 7) is 9.33. The summed E-state index contributed by atoms with van der Waals surface area (Å²) in [7, 11) is 1.27. The number of aliphatic hydroxyl groups is 1. The zero-order chi connectivity index (χ0) is 29.2. The van der Waals surface area contributed by atoms with Crippen LogP contribution in [0, 0.1) is 0 Å². The number of benzene rings is 2. The first-order valence-corrected chi connectivity index (χ1v) is 13.0. The Balaban J connectivity index is 1.67. The third kappa shape index (κ3) is 7.35. The minimum atomic E-state index is -1.16. The van der Waals surface area contributed by atoms with E-state index in [0.29, 0.717) is 34.9 Å². The van der Waals surface area contributed by atoms with E-state index in [1.165, 1.54) is 13.3 Å². The van der Waals surface area contributed by atoms with E-state index >= 15 is 0 Å². The van der Waals surface area contributed by atoms with Gasteiger partial charge in [0.2, 0.25) is 0 Å². The second-order valence-corrected chi connectivity index (χ2v) is 8.83. The van der Waals surface area contributed by atoms with Crippen LogP contribution in [0.2, 0.25) is 0 Å². The number of hydrogen-bond donors (Lipinski definition) is 5. The summed E-state index contributed by atoms with van der Waals surface area (Å²) in [4.78, 5) is 26.6. The lowest BCUT2D eigenvalue weighted by Gasteiger charge is -2.28. The van der Waals surface area contributed by atoms with Crippen molar-refractivity contribution in [2.75, 3.05) is 38.3 Å². The third-order valence-electron chi connectivity index (χ3n) is 6.24. The van der Waals surface area contributed by atoms with Gasteiger partial charge < -0.3 is 40.0 Å². The molecule has 5 N–H and O–H groups in total. The van der Waals surface area contributed by atoms with Gasteiger partial charge in [0.15, 0.2) is 17.7 Å². The fourth-order valence-corrected chi connectivity index (χ4v) is 4.24. The lowest BCUT2D eigenvalue weighted by Crippen LogP contribution is -2.45. The molecule has 0 spiro atoms. The number of phenolic OH excluding ortho intramolecular Hbond substituents is 1. The number of aromatic hydroxyl groups is 1. The van der Waals surface area contributed by atoms with Crippen LogP contribution < -0.4 is 30.4 Å². The van der Waals surface area contributed by atoms with E-state index in [9.17, 15) is 19.8 Å². The SMILES string of the molecule is CCOc1cc([C@@H]2NC(=O)NC(C)=C2C(=O)OC)ccc1OC[C@H](O)N/N=C\c1ccc(N(CC)CC)cc1O. The number of allylic oxidation sites excluding steroid dienone is 1. The van der Waals surface area contributed by atoms with Crippen molar-refractivity contribution in [2.45, 2.75) is 40.0 Å². The van der Waals surface area contributed by atoms with Crippen molar-refractivity contribution in [3.8, 4) is 17.2 Å². The summed E-state index contributed by atoms with van der Waals surface area (Å²) in [6.07, 6.45) is 0.245. The van der Waals surface area contributed by atoms with Gasteiger partial charge in [-0.3, -0.25) is 5.43 Å². The van der Waals surface area contributed by atoms with Crippen LogP contribution in [0.15, 0.2) is 52.8 Å². The van der Waals surface area contributed by atoms with E-state index in [1.54, 1.807) is 37.3 Å². The van der Waals surface area contributed by atoms with E-state index < -0.39 is 24.3 Å². The average molecular weight is 556 g/mol. The maximum absolute atomic E-state index is 12.4. The molecule has 0 aliphatic carbocycles. The van der Waals surface area contributed by atoms with E-state index in [1.807, 2.05) is 26.8 Å². The van der Waals surface area contributed by atoms with Crippen LogP contribution in [-0.2, 0) is 9.53 Å². The lowest BCUT2D eigenvalue weighted by molar-refractivity contribution is -0.136. The summed E-state index contributed by atoms with van der Waals surface area (Å²) in [6, 6.07) is 9.09. The molecule has 0 saturated carbocycles.